The highest BCUT2D eigenvalue weighted by Crippen LogP contribution is 2.26. The third kappa shape index (κ3) is 1.22. The molecule has 2 rings (SSSR count). The van der Waals surface area contributed by atoms with Crippen molar-refractivity contribution in [2.24, 2.45) is 0 Å². The molecule has 0 spiro atoms. The highest BCUT2D eigenvalue weighted by Gasteiger charge is 2.30. The van der Waals surface area contributed by atoms with Gasteiger partial charge in [-0.05, 0) is 18.9 Å². The van der Waals surface area contributed by atoms with E-state index in [9.17, 15) is 4.79 Å². The molecule has 1 aromatic heterocycles. The van der Waals surface area contributed by atoms with Gasteiger partial charge in [0.1, 0.15) is 6.26 Å². The van der Waals surface area contributed by atoms with Crippen molar-refractivity contribution in [3.63, 3.8) is 0 Å². The Hall–Kier alpha value is -1.25. The van der Waals surface area contributed by atoms with Crippen molar-refractivity contribution in [1.29, 1.82) is 0 Å². The van der Waals surface area contributed by atoms with Crippen LogP contribution in [-0.2, 0) is 0 Å². The van der Waals surface area contributed by atoms with Gasteiger partial charge in [0.05, 0.1) is 11.8 Å². The zero-order valence-electron chi connectivity index (χ0n) is 6.99. The molecule has 1 aromatic rings. The zero-order valence-corrected chi connectivity index (χ0v) is 6.99. The summed E-state index contributed by atoms with van der Waals surface area (Å²) in [6, 6.07) is 2.16. The maximum atomic E-state index is 11.6. The molecular formula is C9H11NO2. The summed E-state index contributed by atoms with van der Waals surface area (Å²) in [6.45, 7) is 0. The number of nitrogens with zero attached hydrogens (tertiary/aromatic N) is 1. The number of amides is 1. The maximum Gasteiger partial charge on any atom is 0.257 e. The van der Waals surface area contributed by atoms with Gasteiger partial charge in [-0.25, -0.2) is 0 Å². The monoisotopic (exact) mass is 165 g/mol. The molecule has 1 fully saturated rings. The van der Waals surface area contributed by atoms with Crippen LogP contribution in [0.1, 0.15) is 23.2 Å². The van der Waals surface area contributed by atoms with E-state index in [0.29, 0.717) is 11.6 Å². The van der Waals surface area contributed by atoms with Crippen molar-refractivity contribution in [1.82, 2.24) is 4.90 Å². The zero-order chi connectivity index (χ0) is 8.55. The van der Waals surface area contributed by atoms with Gasteiger partial charge in [-0.2, -0.15) is 0 Å². The number of hydrogen-bond acceptors (Lipinski definition) is 2. The Kier molecular flexibility index (Phi) is 1.64. The van der Waals surface area contributed by atoms with Crippen LogP contribution in [0.4, 0.5) is 0 Å². The predicted octanol–water partition coefficient (Wildman–Crippen LogP) is 1.51. The van der Waals surface area contributed by atoms with Crippen molar-refractivity contribution in [2.75, 3.05) is 7.05 Å². The molecule has 0 saturated heterocycles. The first kappa shape index (κ1) is 7.40. The van der Waals surface area contributed by atoms with Gasteiger partial charge in [-0.3, -0.25) is 4.79 Å². The van der Waals surface area contributed by atoms with Gasteiger partial charge in [0, 0.05) is 13.1 Å². The molecule has 64 valence electrons. The summed E-state index contributed by atoms with van der Waals surface area (Å²) in [4.78, 5) is 13.3. The second-order valence-corrected chi connectivity index (χ2v) is 3.16. The van der Waals surface area contributed by atoms with Gasteiger partial charge in [-0.1, -0.05) is 0 Å². The molecule has 1 aliphatic carbocycles. The van der Waals surface area contributed by atoms with Gasteiger partial charge in [-0.15, -0.1) is 0 Å². The summed E-state index contributed by atoms with van der Waals surface area (Å²) in [6.07, 6.45) is 5.29. The van der Waals surface area contributed by atoms with Crippen LogP contribution in [0, 0.1) is 0 Å². The minimum atomic E-state index is 0.0613. The molecule has 1 heterocycles. The number of furan rings is 1. The summed E-state index contributed by atoms with van der Waals surface area (Å²) in [5.41, 5.74) is 0.643. The summed E-state index contributed by atoms with van der Waals surface area (Å²) in [5.74, 6) is 0.0613. The fourth-order valence-corrected chi connectivity index (χ4v) is 1.22. The third-order valence-corrected chi connectivity index (χ3v) is 2.18. The Labute approximate surface area is 71.0 Å². The fourth-order valence-electron chi connectivity index (χ4n) is 1.22. The van der Waals surface area contributed by atoms with E-state index >= 15 is 0 Å². The Morgan fingerprint density at radius 3 is 2.92 bits per heavy atom. The summed E-state index contributed by atoms with van der Waals surface area (Å²) >= 11 is 0. The summed E-state index contributed by atoms with van der Waals surface area (Å²) in [5, 5.41) is 0. The lowest BCUT2D eigenvalue weighted by Gasteiger charge is -2.14. The molecule has 0 radical (unpaired) electrons. The Morgan fingerprint density at radius 2 is 2.42 bits per heavy atom. The van der Waals surface area contributed by atoms with Crippen LogP contribution in [0.3, 0.4) is 0 Å². The average molecular weight is 165 g/mol. The Morgan fingerprint density at radius 1 is 1.67 bits per heavy atom. The number of carbonyl (C=O) groups excluding carboxylic acids is 1. The van der Waals surface area contributed by atoms with Crippen LogP contribution in [-0.4, -0.2) is 23.9 Å². The van der Waals surface area contributed by atoms with Crippen molar-refractivity contribution in [3.05, 3.63) is 24.2 Å². The van der Waals surface area contributed by atoms with E-state index in [2.05, 4.69) is 0 Å². The van der Waals surface area contributed by atoms with Crippen molar-refractivity contribution >= 4 is 5.91 Å². The SMILES string of the molecule is CN(C(=O)c1ccoc1)C1CC1. The summed E-state index contributed by atoms with van der Waals surface area (Å²) in [7, 11) is 1.84. The second-order valence-electron chi connectivity index (χ2n) is 3.16. The highest BCUT2D eigenvalue weighted by atomic mass is 16.3. The van der Waals surface area contributed by atoms with Crippen molar-refractivity contribution in [3.8, 4) is 0 Å². The van der Waals surface area contributed by atoms with E-state index in [1.807, 2.05) is 7.05 Å². The van der Waals surface area contributed by atoms with E-state index in [4.69, 9.17) is 4.42 Å². The topological polar surface area (TPSA) is 33.5 Å². The van der Waals surface area contributed by atoms with Gasteiger partial charge in [0.15, 0.2) is 0 Å². The lowest BCUT2D eigenvalue weighted by Crippen LogP contribution is -2.28. The molecule has 0 bridgehead atoms. The minimum Gasteiger partial charge on any atom is -0.472 e. The number of hydrogen-bond donors (Lipinski definition) is 0. The third-order valence-electron chi connectivity index (χ3n) is 2.18. The molecule has 0 N–H and O–H groups in total. The van der Waals surface area contributed by atoms with Gasteiger partial charge in [0.2, 0.25) is 0 Å². The smallest absolute Gasteiger partial charge is 0.257 e. The lowest BCUT2D eigenvalue weighted by molar-refractivity contribution is 0.0784. The summed E-state index contributed by atoms with van der Waals surface area (Å²) < 4.78 is 4.84. The first-order chi connectivity index (χ1) is 5.79. The standard InChI is InChI=1S/C9H11NO2/c1-10(8-2-3-8)9(11)7-4-5-12-6-7/h4-6,8H,2-3H2,1H3. The van der Waals surface area contributed by atoms with E-state index in [-0.39, 0.29) is 5.91 Å². The lowest BCUT2D eigenvalue weighted by atomic mass is 10.3. The average Bonchev–Trinajstić information content (AvgIpc) is 2.79. The highest BCUT2D eigenvalue weighted by molar-refractivity contribution is 5.94. The first-order valence-corrected chi connectivity index (χ1v) is 4.08. The molecule has 0 aromatic carbocycles. The van der Waals surface area contributed by atoms with Crippen molar-refractivity contribution in [2.45, 2.75) is 18.9 Å². The van der Waals surface area contributed by atoms with E-state index in [1.165, 1.54) is 12.5 Å². The number of rotatable bonds is 2. The van der Waals surface area contributed by atoms with Crippen LogP contribution in [0.15, 0.2) is 23.0 Å². The van der Waals surface area contributed by atoms with E-state index < -0.39 is 0 Å². The molecule has 0 aliphatic heterocycles. The predicted molar refractivity (Wildman–Crippen MR) is 43.8 cm³/mol. The molecule has 1 amide bonds. The van der Waals surface area contributed by atoms with Crippen LogP contribution in [0.5, 0.6) is 0 Å². The second kappa shape index (κ2) is 2.66. The maximum absolute atomic E-state index is 11.6. The Bertz CT molecular complexity index is 275. The Balaban J connectivity index is 2.09. The molecule has 3 nitrogen and oxygen atoms in total. The largest absolute Gasteiger partial charge is 0.472 e. The van der Waals surface area contributed by atoms with Crippen LogP contribution in [0.2, 0.25) is 0 Å². The van der Waals surface area contributed by atoms with Crippen molar-refractivity contribution < 1.29 is 9.21 Å². The van der Waals surface area contributed by atoms with Gasteiger partial charge in [0.25, 0.3) is 5.91 Å². The molecule has 3 heteroatoms. The molecule has 0 atom stereocenters. The van der Waals surface area contributed by atoms with Crippen LogP contribution >= 0.6 is 0 Å². The molecule has 0 unspecified atom stereocenters. The first-order valence-electron chi connectivity index (χ1n) is 4.08. The fraction of sp³-hybridized carbons (Fsp3) is 0.444. The van der Waals surface area contributed by atoms with Gasteiger partial charge < -0.3 is 9.32 Å². The van der Waals surface area contributed by atoms with Crippen LogP contribution in [0.25, 0.3) is 0 Å². The van der Waals surface area contributed by atoms with E-state index in [0.717, 1.165) is 12.8 Å². The van der Waals surface area contributed by atoms with Crippen LogP contribution < -0.4 is 0 Å². The quantitative estimate of drug-likeness (QED) is 0.665. The molecule has 1 aliphatic rings. The molecular weight excluding hydrogens is 154 g/mol. The molecule has 1 saturated carbocycles. The minimum absolute atomic E-state index is 0.0613. The number of carbonyl (C=O) groups is 1. The molecule has 12 heavy (non-hydrogen) atoms. The van der Waals surface area contributed by atoms with E-state index in [1.54, 1.807) is 11.0 Å². The normalized spacial score (nSPS) is 16.1. The van der Waals surface area contributed by atoms with Gasteiger partial charge >= 0.3 is 0 Å².